The van der Waals surface area contributed by atoms with E-state index in [4.69, 9.17) is 0 Å². The summed E-state index contributed by atoms with van der Waals surface area (Å²) in [7, 11) is 0. The molecule has 2 N–H and O–H groups in total. The fraction of sp³-hybridized carbons (Fsp3) is 1.00. The second kappa shape index (κ2) is 6.49. The van der Waals surface area contributed by atoms with E-state index in [1.54, 1.807) is 0 Å². The molecule has 2 heteroatoms. The highest BCUT2D eigenvalue weighted by Gasteiger charge is 2.22. The summed E-state index contributed by atoms with van der Waals surface area (Å²) in [6.45, 7) is 6.20. The molecule has 0 aromatic carbocycles. The van der Waals surface area contributed by atoms with Gasteiger partial charge in [0.05, 0.1) is 6.10 Å². The van der Waals surface area contributed by atoms with Crippen molar-refractivity contribution in [2.45, 2.75) is 77.5 Å². The summed E-state index contributed by atoms with van der Waals surface area (Å²) in [6, 6.07) is 0.751. The second-order valence-corrected chi connectivity index (χ2v) is 5.41. The standard InChI is InChI=1S/C13H27NO/c1-10(2)14-13(11(3)15)9-12-7-5-4-6-8-12/h10-15H,4-9H2,1-3H3. The number of rotatable bonds is 5. The molecule has 2 nitrogen and oxygen atoms in total. The van der Waals surface area contributed by atoms with Crippen molar-refractivity contribution in [1.29, 1.82) is 0 Å². The Morgan fingerprint density at radius 1 is 1.13 bits per heavy atom. The predicted octanol–water partition coefficient (Wildman–Crippen LogP) is 2.70. The maximum absolute atomic E-state index is 9.73. The molecule has 1 rings (SSSR count). The summed E-state index contributed by atoms with van der Waals surface area (Å²) < 4.78 is 0. The predicted molar refractivity (Wildman–Crippen MR) is 64.9 cm³/mol. The fourth-order valence-corrected chi connectivity index (χ4v) is 2.61. The van der Waals surface area contributed by atoms with Crippen LogP contribution in [0.3, 0.4) is 0 Å². The second-order valence-electron chi connectivity index (χ2n) is 5.41. The lowest BCUT2D eigenvalue weighted by Gasteiger charge is -2.30. The van der Waals surface area contributed by atoms with Gasteiger partial charge < -0.3 is 10.4 Å². The van der Waals surface area contributed by atoms with E-state index in [9.17, 15) is 5.11 Å². The highest BCUT2D eigenvalue weighted by atomic mass is 16.3. The van der Waals surface area contributed by atoms with Crippen LogP contribution in [0.15, 0.2) is 0 Å². The van der Waals surface area contributed by atoms with Crippen molar-refractivity contribution in [2.24, 2.45) is 5.92 Å². The molecule has 0 aromatic rings. The van der Waals surface area contributed by atoms with E-state index in [0.717, 1.165) is 12.3 Å². The Morgan fingerprint density at radius 3 is 2.20 bits per heavy atom. The Kier molecular flexibility index (Phi) is 5.62. The van der Waals surface area contributed by atoms with Gasteiger partial charge in [-0.1, -0.05) is 46.0 Å². The maximum Gasteiger partial charge on any atom is 0.0665 e. The molecule has 15 heavy (non-hydrogen) atoms. The third-order valence-electron chi connectivity index (χ3n) is 3.44. The van der Waals surface area contributed by atoms with Crippen molar-refractivity contribution in [2.75, 3.05) is 0 Å². The lowest BCUT2D eigenvalue weighted by atomic mass is 9.84. The molecule has 0 saturated heterocycles. The van der Waals surface area contributed by atoms with Gasteiger partial charge in [-0.25, -0.2) is 0 Å². The Labute approximate surface area is 94.5 Å². The highest BCUT2D eigenvalue weighted by Crippen LogP contribution is 2.28. The van der Waals surface area contributed by atoms with Crippen molar-refractivity contribution >= 4 is 0 Å². The summed E-state index contributed by atoms with van der Waals surface area (Å²) in [5, 5.41) is 13.2. The Hall–Kier alpha value is -0.0800. The lowest BCUT2D eigenvalue weighted by Crippen LogP contribution is -2.43. The fourth-order valence-electron chi connectivity index (χ4n) is 2.61. The number of hydrogen-bond acceptors (Lipinski definition) is 2. The van der Waals surface area contributed by atoms with Crippen LogP contribution in [0.5, 0.6) is 0 Å². The molecule has 0 amide bonds. The SMILES string of the molecule is CC(C)NC(CC1CCCCC1)C(C)O. The Bertz CT molecular complexity index is 162. The molecule has 90 valence electrons. The van der Waals surface area contributed by atoms with E-state index in [2.05, 4.69) is 19.2 Å². The van der Waals surface area contributed by atoms with E-state index in [0.29, 0.717) is 6.04 Å². The molecule has 0 bridgehead atoms. The van der Waals surface area contributed by atoms with Crippen LogP contribution in [0, 0.1) is 5.92 Å². The van der Waals surface area contributed by atoms with Crippen molar-refractivity contribution in [3.8, 4) is 0 Å². The van der Waals surface area contributed by atoms with Crippen LogP contribution in [0.1, 0.15) is 59.3 Å². The zero-order chi connectivity index (χ0) is 11.3. The first-order valence-corrected chi connectivity index (χ1v) is 6.53. The average molecular weight is 213 g/mol. The van der Waals surface area contributed by atoms with E-state index in [1.807, 2.05) is 6.92 Å². The van der Waals surface area contributed by atoms with Gasteiger partial charge in [-0.05, 0) is 19.3 Å². The van der Waals surface area contributed by atoms with Crippen LogP contribution < -0.4 is 5.32 Å². The molecule has 2 unspecified atom stereocenters. The Morgan fingerprint density at radius 2 is 1.73 bits per heavy atom. The molecule has 2 atom stereocenters. The number of nitrogens with one attached hydrogen (secondary N) is 1. The topological polar surface area (TPSA) is 32.3 Å². The lowest BCUT2D eigenvalue weighted by molar-refractivity contribution is 0.119. The third-order valence-corrected chi connectivity index (χ3v) is 3.44. The first kappa shape index (κ1) is 13.0. The summed E-state index contributed by atoms with van der Waals surface area (Å²) >= 11 is 0. The molecule has 1 saturated carbocycles. The van der Waals surface area contributed by atoms with Gasteiger partial charge in [0.25, 0.3) is 0 Å². The molecule has 0 spiro atoms. The summed E-state index contributed by atoms with van der Waals surface area (Å²) in [5.74, 6) is 0.838. The van der Waals surface area contributed by atoms with Gasteiger partial charge in [0.2, 0.25) is 0 Å². The van der Waals surface area contributed by atoms with Crippen molar-refractivity contribution in [3.63, 3.8) is 0 Å². The average Bonchev–Trinajstić information content (AvgIpc) is 2.17. The van der Waals surface area contributed by atoms with Gasteiger partial charge in [0.1, 0.15) is 0 Å². The minimum atomic E-state index is -0.227. The van der Waals surface area contributed by atoms with Gasteiger partial charge in [-0.3, -0.25) is 0 Å². The summed E-state index contributed by atoms with van der Waals surface area (Å²) in [6.07, 6.45) is 7.84. The molecular formula is C13H27NO. The first-order valence-electron chi connectivity index (χ1n) is 6.53. The van der Waals surface area contributed by atoms with Gasteiger partial charge in [0, 0.05) is 12.1 Å². The maximum atomic E-state index is 9.73. The molecular weight excluding hydrogens is 186 g/mol. The minimum Gasteiger partial charge on any atom is -0.392 e. The van der Waals surface area contributed by atoms with Gasteiger partial charge in [-0.15, -0.1) is 0 Å². The third kappa shape index (κ3) is 4.98. The smallest absolute Gasteiger partial charge is 0.0665 e. The van der Waals surface area contributed by atoms with Crippen molar-refractivity contribution < 1.29 is 5.11 Å². The van der Waals surface area contributed by atoms with Crippen LogP contribution in [0.2, 0.25) is 0 Å². The molecule has 0 heterocycles. The molecule has 1 aliphatic carbocycles. The molecule has 1 fully saturated rings. The largest absolute Gasteiger partial charge is 0.392 e. The van der Waals surface area contributed by atoms with Crippen molar-refractivity contribution in [1.82, 2.24) is 5.32 Å². The molecule has 1 aliphatic rings. The van der Waals surface area contributed by atoms with Crippen LogP contribution in [0.4, 0.5) is 0 Å². The number of aliphatic hydroxyl groups excluding tert-OH is 1. The molecule has 0 aromatic heterocycles. The van der Waals surface area contributed by atoms with Crippen LogP contribution in [-0.2, 0) is 0 Å². The monoisotopic (exact) mass is 213 g/mol. The van der Waals surface area contributed by atoms with Gasteiger partial charge >= 0.3 is 0 Å². The van der Waals surface area contributed by atoms with Crippen LogP contribution >= 0.6 is 0 Å². The molecule has 0 aliphatic heterocycles. The number of aliphatic hydroxyl groups is 1. The van der Waals surface area contributed by atoms with E-state index < -0.39 is 0 Å². The van der Waals surface area contributed by atoms with E-state index in [-0.39, 0.29) is 12.1 Å². The number of hydrogen-bond donors (Lipinski definition) is 2. The normalized spacial score (nSPS) is 23.0. The van der Waals surface area contributed by atoms with Gasteiger partial charge in [0.15, 0.2) is 0 Å². The zero-order valence-electron chi connectivity index (χ0n) is 10.5. The van der Waals surface area contributed by atoms with Crippen molar-refractivity contribution in [3.05, 3.63) is 0 Å². The van der Waals surface area contributed by atoms with Crippen LogP contribution in [-0.4, -0.2) is 23.3 Å². The zero-order valence-corrected chi connectivity index (χ0v) is 10.5. The van der Waals surface area contributed by atoms with Gasteiger partial charge in [-0.2, -0.15) is 0 Å². The minimum absolute atomic E-state index is 0.227. The Balaban J connectivity index is 2.35. The highest BCUT2D eigenvalue weighted by molar-refractivity contribution is 4.79. The summed E-state index contributed by atoms with van der Waals surface area (Å²) in [4.78, 5) is 0. The van der Waals surface area contributed by atoms with Crippen LogP contribution in [0.25, 0.3) is 0 Å². The summed E-state index contributed by atoms with van der Waals surface area (Å²) in [5.41, 5.74) is 0. The molecule has 0 radical (unpaired) electrons. The van der Waals surface area contributed by atoms with E-state index >= 15 is 0 Å². The quantitative estimate of drug-likeness (QED) is 0.736. The first-order chi connectivity index (χ1) is 7.09. The van der Waals surface area contributed by atoms with E-state index in [1.165, 1.54) is 32.1 Å².